The number of aliphatic carboxylic acids is 1. The number of likely N-dealkylation sites (tertiary alicyclic amines) is 1. The van der Waals surface area contributed by atoms with Crippen LogP contribution in [-0.4, -0.2) is 69.9 Å². The molecular formula is C32H39N7O3. The summed E-state index contributed by atoms with van der Waals surface area (Å²) in [4.78, 5) is 18.5. The molecule has 10 nitrogen and oxygen atoms in total. The summed E-state index contributed by atoms with van der Waals surface area (Å²) in [6, 6.07) is 16.0. The lowest BCUT2D eigenvalue weighted by Gasteiger charge is -2.31. The van der Waals surface area contributed by atoms with Crippen molar-refractivity contribution in [2.75, 3.05) is 31.5 Å². The molecule has 0 bridgehead atoms. The Labute approximate surface area is 245 Å². The SMILES string of the molecule is CC(C)c1nc2cc(NCCC(=O)O)c(OC3CCN(CC=N)CC3)cc2n1Cc1ccc(C(=N)N)c2ccccc12. The van der Waals surface area contributed by atoms with E-state index in [1.54, 1.807) is 0 Å². The molecule has 0 atom stereocenters. The zero-order chi connectivity index (χ0) is 29.8. The van der Waals surface area contributed by atoms with Crippen LogP contribution >= 0.6 is 0 Å². The Bertz CT molecular complexity index is 1620. The fourth-order valence-corrected chi connectivity index (χ4v) is 5.74. The summed E-state index contributed by atoms with van der Waals surface area (Å²) in [6.07, 6.45) is 3.16. The molecule has 4 aromatic rings. The van der Waals surface area contributed by atoms with Gasteiger partial charge in [-0.2, -0.15) is 0 Å². The standard InChI is InChI=1S/C32H39N7O3/c1-20(2)32-37-26-17-27(36-13-9-30(40)41)29(42-22-10-14-38(15-11-22)16-12-33)18-28(26)39(32)19-21-7-8-25(31(34)35)24-6-4-3-5-23(21)24/h3-8,12,17-18,20,22,33,36H,9-11,13-16,19H2,1-2H3,(H3,34,35)(H,40,41). The highest BCUT2D eigenvalue weighted by Gasteiger charge is 2.23. The summed E-state index contributed by atoms with van der Waals surface area (Å²) in [7, 11) is 0. The number of carbonyl (C=O) groups is 1. The number of piperidine rings is 1. The van der Waals surface area contributed by atoms with E-state index < -0.39 is 5.97 Å². The quantitative estimate of drug-likeness (QED) is 0.119. The van der Waals surface area contributed by atoms with Crippen molar-refractivity contribution in [2.45, 2.75) is 51.7 Å². The molecule has 3 aromatic carbocycles. The largest absolute Gasteiger partial charge is 0.488 e. The first-order valence-corrected chi connectivity index (χ1v) is 14.5. The van der Waals surface area contributed by atoms with Gasteiger partial charge in [0.15, 0.2) is 0 Å². The van der Waals surface area contributed by atoms with Crippen LogP contribution in [-0.2, 0) is 11.3 Å². The van der Waals surface area contributed by atoms with Crippen molar-refractivity contribution in [1.29, 1.82) is 10.8 Å². The normalized spacial score (nSPS) is 14.5. The number of nitrogens with zero attached hydrogens (tertiary/aromatic N) is 3. The third-order valence-electron chi connectivity index (χ3n) is 7.86. The van der Waals surface area contributed by atoms with E-state index in [1.165, 1.54) is 6.21 Å². The van der Waals surface area contributed by atoms with E-state index >= 15 is 0 Å². The number of aromatic nitrogens is 2. The smallest absolute Gasteiger partial charge is 0.305 e. The first-order valence-electron chi connectivity index (χ1n) is 14.5. The van der Waals surface area contributed by atoms with Gasteiger partial charge in [0.1, 0.15) is 23.5 Å². The third-order valence-corrected chi connectivity index (χ3v) is 7.86. The Morgan fingerprint density at radius 1 is 1.19 bits per heavy atom. The van der Waals surface area contributed by atoms with Crippen molar-refractivity contribution in [1.82, 2.24) is 14.5 Å². The van der Waals surface area contributed by atoms with Gasteiger partial charge >= 0.3 is 5.97 Å². The summed E-state index contributed by atoms with van der Waals surface area (Å²) < 4.78 is 8.83. The van der Waals surface area contributed by atoms with E-state index in [4.69, 9.17) is 26.3 Å². The highest BCUT2D eigenvalue weighted by atomic mass is 16.5. The maximum atomic E-state index is 11.2. The third kappa shape index (κ3) is 6.23. The van der Waals surface area contributed by atoms with Gasteiger partial charge in [0.2, 0.25) is 0 Å². The van der Waals surface area contributed by atoms with Crippen molar-refractivity contribution in [3.05, 3.63) is 65.5 Å². The second-order valence-corrected chi connectivity index (χ2v) is 11.2. The molecule has 1 aliphatic heterocycles. The Hall–Kier alpha value is -4.44. The summed E-state index contributed by atoms with van der Waals surface area (Å²) in [5.41, 5.74) is 10.2. The van der Waals surface area contributed by atoms with Crippen LogP contribution in [0.5, 0.6) is 5.75 Å². The number of hydrogen-bond donors (Lipinski definition) is 5. The van der Waals surface area contributed by atoms with Crippen LogP contribution in [0.25, 0.3) is 21.8 Å². The van der Waals surface area contributed by atoms with Crippen LogP contribution in [0.15, 0.2) is 48.5 Å². The lowest BCUT2D eigenvalue weighted by molar-refractivity contribution is -0.136. The molecular weight excluding hydrogens is 530 g/mol. The molecule has 220 valence electrons. The van der Waals surface area contributed by atoms with Gasteiger partial charge in [-0.3, -0.25) is 15.1 Å². The van der Waals surface area contributed by atoms with Gasteiger partial charge in [-0.15, -0.1) is 0 Å². The summed E-state index contributed by atoms with van der Waals surface area (Å²) in [5, 5.41) is 29.9. The van der Waals surface area contributed by atoms with Crippen molar-refractivity contribution in [3.8, 4) is 5.75 Å². The first kappa shape index (κ1) is 29.1. The Morgan fingerprint density at radius 3 is 2.60 bits per heavy atom. The molecule has 0 unspecified atom stereocenters. The Morgan fingerprint density at radius 2 is 1.93 bits per heavy atom. The lowest BCUT2D eigenvalue weighted by atomic mass is 9.98. The number of rotatable bonds is 12. The van der Waals surface area contributed by atoms with Gasteiger partial charge in [0.25, 0.3) is 0 Å². The number of carboxylic acid groups (broad SMARTS) is 1. The van der Waals surface area contributed by atoms with E-state index in [0.717, 1.165) is 64.8 Å². The average molecular weight is 570 g/mol. The van der Waals surface area contributed by atoms with Crippen LogP contribution in [0, 0.1) is 10.8 Å². The van der Waals surface area contributed by atoms with Gasteiger partial charge < -0.3 is 30.9 Å². The number of benzene rings is 3. The highest BCUT2D eigenvalue weighted by Crippen LogP contribution is 2.35. The van der Waals surface area contributed by atoms with Crippen LogP contribution in [0.2, 0.25) is 0 Å². The van der Waals surface area contributed by atoms with Crippen molar-refractivity contribution >= 4 is 45.5 Å². The molecule has 0 radical (unpaired) electrons. The van der Waals surface area contributed by atoms with Crippen LogP contribution in [0.1, 0.15) is 56.0 Å². The van der Waals surface area contributed by atoms with E-state index in [1.807, 2.05) is 42.5 Å². The van der Waals surface area contributed by atoms with Crippen molar-refractivity contribution in [2.24, 2.45) is 5.73 Å². The summed E-state index contributed by atoms with van der Waals surface area (Å²) in [5.74, 6) is 0.970. The van der Waals surface area contributed by atoms with Crippen LogP contribution in [0.4, 0.5) is 5.69 Å². The molecule has 0 aliphatic carbocycles. The molecule has 1 aromatic heterocycles. The Kier molecular flexibility index (Phi) is 8.72. The monoisotopic (exact) mass is 569 g/mol. The number of carboxylic acids is 1. The molecule has 1 saturated heterocycles. The number of nitrogen functional groups attached to an aromatic ring is 1. The topological polar surface area (TPSA) is 153 Å². The average Bonchev–Trinajstić information content (AvgIpc) is 3.31. The number of nitrogens with two attached hydrogens (primary N) is 1. The highest BCUT2D eigenvalue weighted by molar-refractivity contribution is 6.08. The predicted octanol–water partition coefficient (Wildman–Crippen LogP) is 5.02. The van der Waals surface area contributed by atoms with Crippen LogP contribution < -0.4 is 15.8 Å². The molecule has 2 heterocycles. The van der Waals surface area contributed by atoms with Gasteiger partial charge in [-0.1, -0.05) is 50.2 Å². The first-order chi connectivity index (χ1) is 20.2. The number of ether oxygens (including phenoxy) is 1. The number of fused-ring (bicyclic) bond motifs is 2. The minimum Gasteiger partial charge on any atom is -0.488 e. The zero-order valence-corrected chi connectivity index (χ0v) is 24.2. The van der Waals surface area contributed by atoms with Crippen LogP contribution in [0.3, 0.4) is 0 Å². The minimum absolute atomic E-state index is 0.00545. The second-order valence-electron chi connectivity index (χ2n) is 11.2. The van der Waals surface area contributed by atoms with E-state index in [2.05, 4.69) is 34.7 Å². The molecule has 42 heavy (non-hydrogen) atoms. The molecule has 0 amide bonds. The molecule has 1 aliphatic rings. The zero-order valence-electron chi connectivity index (χ0n) is 24.2. The molecule has 6 N–H and O–H groups in total. The van der Waals surface area contributed by atoms with Gasteiger partial charge in [0.05, 0.1) is 23.1 Å². The van der Waals surface area contributed by atoms with Crippen molar-refractivity contribution in [3.63, 3.8) is 0 Å². The predicted molar refractivity (Wildman–Crippen MR) is 168 cm³/mol. The molecule has 0 saturated carbocycles. The lowest BCUT2D eigenvalue weighted by Crippen LogP contribution is -2.39. The minimum atomic E-state index is -0.862. The van der Waals surface area contributed by atoms with Crippen molar-refractivity contribution < 1.29 is 14.6 Å². The van der Waals surface area contributed by atoms with E-state index in [9.17, 15) is 9.90 Å². The van der Waals surface area contributed by atoms with Gasteiger partial charge in [-0.05, 0) is 35.2 Å². The molecule has 5 rings (SSSR count). The van der Waals surface area contributed by atoms with E-state index in [-0.39, 0.29) is 30.8 Å². The van der Waals surface area contributed by atoms with Gasteiger partial charge in [0, 0.05) is 56.5 Å². The molecule has 0 spiro atoms. The maximum absolute atomic E-state index is 11.2. The number of anilines is 1. The number of imidazole rings is 1. The number of hydrogen-bond acceptors (Lipinski definition) is 7. The summed E-state index contributed by atoms with van der Waals surface area (Å²) >= 11 is 0. The Balaban J connectivity index is 1.55. The van der Waals surface area contributed by atoms with Gasteiger partial charge in [-0.25, -0.2) is 4.98 Å². The second kappa shape index (κ2) is 12.6. The fraction of sp³-hybridized carbons (Fsp3) is 0.375. The number of amidine groups is 1. The number of nitrogens with one attached hydrogen (secondary N) is 3. The molecule has 10 heteroatoms. The molecule has 1 fully saturated rings. The maximum Gasteiger partial charge on any atom is 0.305 e. The summed E-state index contributed by atoms with van der Waals surface area (Å²) in [6.45, 7) is 7.49. The van der Waals surface area contributed by atoms with E-state index in [0.29, 0.717) is 24.4 Å². The fourth-order valence-electron chi connectivity index (χ4n) is 5.74.